The van der Waals surface area contributed by atoms with E-state index in [-0.39, 0.29) is 25.1 Å². The molecule has 2 aromatic heterocycles. The van der Waals surface area contributed by atoms with Crippen molar-refractivity contribution in [2.75, 3.05) is 13.2 Å². The van der Waals surface area contributed by atoms with Gasteiger partial charge in [-0.15, -0.1) is 0 Å². The number of hydrogen-bond acceptors (Lipinski definition) is 5. The van der Waals surface area contributed by atoms with E-state index in [1.54, 1.807) is 60.3 Å². The number of esters is 1. The Bertz CT molecular complexity index is 1380. The molecule has 0 saturated carbocycles. The summed E-state index contributed by atoms with van der Waals surface area (Å²) in [7, 11) is 1.81. The Labute approximate surface area is 214 Å². The van der Waals surface area contributed by atoms with E-state index in [4.69, 9.17) is 16.3 Å². The van der Waals surface area contributed by atoms with Crippen LogP contribution in [0.4, 0.5) is 0 Å². The Hall–Kier alpha value is -3.68. The minimum absolute atomic E-state index is 0.269. The fourth-order valence-electron chi connectivity index (χ4n) is 4.36. The van der Waals surface area contributed by atoms with E-state index in [1.807, 2.05) is 32.2 Å². The van der Waals surface area contributed by atoms with Crippen molar-refractivity contribution >= 4 is 34.4 Å². The summed E-state index contributed by atoms with van der Waals surface area (Å²) in [4.78, 5) is 30.0. The maximum Gasteiger partial charge on any atom is 0.317 e. The number of ether oxygens (including phenoxy) is 1. The summed E-state index contributed by atoms with van der Waals surface area (Å²) < 4.78 is 7.08. The molecule has 0 aliphatic carbocycles. The number of aryl methyl sites for hydroxylation is 2. The van der Waals surface area contributed by atoms with E-state index in [0.717, 1.165) is 27.6 Å². The summed E-state index contributed by atoms with van der Waals surface area (Å²) in [5.41, 5.74) is 4.45. The topological polar surface area (TPSA) is 93.5 Å². The molecule has 2 N–H and O–H groups in total. The fraction of sp³-hybridized carbons (Fsp3) is 0.250. The van der Waals surface area contributed by atoms with Gasteiger partial charge in [-0.2, -0.15) is 0 Å². The molecular weight excluding hydrogens is 478 g/mol. The van der Waals surface area contributed by atoms with E-state index >= 15 is 0 Å². The van der Waals surface area contributed by atoms with E-state index in [2.05, 4.69) is 10.3 Å². The fourth-order valence-corrected chi connectivity index (χ4v) is 4.68. The molecule has 0 spiro atoms. The smallest absolute Gasteiger partial charge is 0.317 e. The lowest BCUT2D eigenvalue weighted by molar-refractivity contribution is -0.143. The minimum Gasteiger partial charge on any atom is -0.465 e. The van der Waals surface area contributed by atoms with Gasteiger partial charge in [-0.3, -0.25) is 14.6 Å². The SMILES string of the molecule is CCOC(=O)C(c1ccc([C@@H](CO)NC(=O)c2cc3c(Cl)cc(C)cc3n2C)cc1)c1cccnc1. The molecule has 0 fully saturated rings. The van der Waals surface area contributed by atoms with Gasteiger partial charge in [0.05, 0.1) is 29.8 Å². The molecule has 4 aromatic rings. The van der Waals surface area contributed by atoms with Crippen molar-refractivity contribution in [2.24, 2.45) is 7.05 Å². The number of aliphatic hydroxyl groups excluding tert-OH is 1. The van der Waals surface area contributed by atoms with Crippen molar-refractivity contribution in [1.82, 2.24) is 14.9 Å². The molecular formula is C28H28ClN3O4. The molecule has 0 saturated heterocycles. The largest absolute Gasteiger partial charge is 0.465 e. The van der Waals surface area contributed by atoms with E-state index in [1.165, 1.54) is 0 Å². The molecule has 0 radical (unpaired) electrons. The van der Waals surface area contributed by atoms with Gasteiger partial charge in [-0.05, 0) is 60.4 Å². The summed E-state index contributed by atoms with van der Waals surface area (Å²) in [6.07, 6.45) is 3.29. The van der Waals surface area contributed by atoms with Crippen molar-refractivity contribution in [3.8, 4) is 0 Å². The molecule has 8 heteroatoms. The lowest BCUT2D eigenvalue weighted by Gasteiger charge is -2.20. The Morgan fingerprint density at radius 2 is 1.83 bits per heavy atom. The number of nitrogens with one attached hydrogen (secondary N) is 1. The molecule has 0 bridgehead atoms. The van der Waals surface area contributed by atoms with Gasteiger partial charge in [0.1, 0.15) is 11.6 Å². The summed E-state index contributed by atoms with van der Waals surface area (Å²) in [5, 5.41) is 14.3. The molecule has 1 unspecified atom stereocenters. The third-order valence-corrected chi connectivity index (χ3v) is 6.50. The molecule has 0 aliphatic rings. The number of pyridine rings is 1. The van der Waals surface area contributed by atoms with Crippen LogP contribution < -0.4 is 5.32 Å². The van der Waals surface area contributed by atoms with Crippen LogP contribution in [0.25, 0.3) is 10.9 Å². The van der Waals surface area contributed by atoms with Crippen molar-refractivity contribution in [2.45, 2.75) is 25.8 Å². The summed E-state index contributed by atoms with van der Waals surface area (Å²) in [5.74, 6) is -1.32. The van der Waals surface area contributed by atoms with Crippen LogP contribution in [0.1, 0.15) is 51.6 Å². The average Bonchev–Trinajstić information content (AvgIpc) is 3.20. The second-order valence-electron chi connectivity index (χ2n) is 8.61. The second kappa shape index (κ2) is 10.9. The first-order valence-electron chi connectivity index (χ1n) is 11.7. The predicted molar refractivity (Wildman–Crippen MR) is 139 cm³/mol. The number of carbonyl (C=O) groups is 2. The van der Waals surface area contributed by atoms with Crippen LogP contribution in [-0.4, -0.2) is 39.7 Å². The molecule has 2 aromatic carbocycles. The average molecular weight is 506 g/mol. The first-order valence-corrected chi connectivity index (χ1v) is 12.1. The Morgan fingerprint density at radius 1 is 1.11 bits per heavy atom. The number of aliphatic hydroxyl groups is 1. The zero-order chi connectivity index (χ0) is 25.8. The number of carbonyl (C=O) groups excluding carboxylic acids is 2. The number of halogens is 1. The van der Waals surface area contributed by atoms with Gasteiger partial charge in [0, 0.05) is 24.8 Å². The van der Waals surface area contributed by atoms with Gasteiger partial charge in [0.25, 0.3) is 5.91 Å². The second-order valence-corrected chi connectivity index (χ2v) is 9.02. The number of hydrogen-bond donors (Lipinski definition) is 2. The van der Waals surface area contributed by atoms with Crippen LogP contribution >= 0.6 is 11.6 Å². The molecule has 36 heavy (non-hydrogen) atoms. The quantitative estimate of drug-likeness (QED) is 0.339. The lowest BCUT2D eigenvalue weighted by atomic mass is 9.91. The summed E-state index contributed by atoms with van der Waals surface area (Å²) in [6, 6.07) is 15.7. The highest BCUT2D eigenvalue weighted by Crippen LogP contribution is 2.29. The molecule has 2 atom stereocenters. The van der Waals surface area contributed by atoms with Crippen molar-refractivity contribution in [3.05, 3.63) is 100.0 Å². The third kappa shape index (κ3) is 5.12. The van der Waals surface area contributed by atoms with Crippen molar-refractivity contribution < 1.29 is 19.4 Å². The monoisotopic (exact) mass is 505 g/mol. The van der Waals surface area contributed by atoms with Crippen LogP contribution in [0, 0.1) is 6.92 Å². The maximum atomic E-state index is 13.1. The molecule has 2 heterocycles. The molecule has 1 amide bonds. The molecule has 0 aliphatic heterocycles. The lowest BCUT2D eigenvalue weighted by Crippen LogP contribution is -2.32. The van der Waals surface area contributed by atoms with Gasteiger partial charge in [0.15, 0.2) is 0 Å². The Balaban J connectivity index is 1.58. The molecule has 186 valence electrons. The van der Waals surface area contributed by atoms with Crippen molar-refractivity contribution in [3.63, 3.8) is 0 Å². The molecule has 4 rings (SSSR count). The van der Waals surface area contributed by atoms with Gasteiger partial charge < -0.3 is 19.7 Å². The van der Waals surface area contributed by atoms with Crippen molar-refractivity contribution in [1.29, 1.82) is 0 Å². The van der Waals surface area contributed by atoms with E-state index < -0.39 is 12.0 Å². The summed E-state index contributed by atoms with van der Waals surface area (Å²) >= 11 is 6.39. The van der Waals surface area contributed by atoms with Gasteiger partial charge >= 0.3 is 5.97 Å². The highest BCUT2D eigenvalue weighted by atomic mass is 35.5. The maximum absolute atomic E-state index is 13.1. The number of aromatic nitrogens is 2. The van der Waals surface area contributed by atoms with Crippen LogP contribution in [0.15, 0.2) is 67.0 Å². The van der Waals surface area contributed by atoms with Crippen LogP contribution in [0.5, 0.6) is 0 Å². The number of nitrogens with zero attached hydrogens (tertiary/aromatic N) is 2. The van der Waals surface area contributed by atoms with Gasteiger partial charge in [-0.1, -0.05) is 41.9 Å². The van der Waals surface area contributed by atoms with E-state index in [0.29, 0.717) is 16.3 Å². The third-order valence-electron chi connectivity index (χ3n) is 6.19. The summed E-state index contributed by atoms with van der Waals surface area (Å²) in [6.45, 7) is 3.69. The standard InChI is InChI=1S/C28H28ClN3O4/c1-4-36-28(35)26(20-6-5-11-30-15-20)19-9-7-18(8-10-19)23(16-33)31-27(34)25-14-21-22(29)12-17(2)13-24(21)32(25)3/h5-15,23,26,33H,4,16H2,1-3H3,(H,31,34)/t23-,26?/m1/s1. The van der Waals surface area contributed by atoms with Crippen LogP contribution in [0.2, 0.25) is 5.02 Å². The number of rotatable bonds is 8. The van der Waals surface area contributed by atoms with Crippen LogP contribution in [-0.2, 0) is 16.6 Å². The molecule has 7 nitrogen and oxygen atoms in total. The van der Waals surface area contributed by atoms with E-state index in [9.17, 15) is 14.7 Å². The number of amides is 1. The highest BCUT2D eigenvalue weighted by Gasteiger charge is 2.25. The minimum atomic E-state index is -0.638. The predicted octanol–water partition coefficient (Wildman–Crippen LogP) is 4.69. The van der Waals surface area contributed by atoms with Crippen LogP contribution in [0.3, 0.4) is 0 Å². The number of benzene rings is 2. The number of fused-ring (bicyclic) bond motifs is 1. The highest BCUT2D eigenvalue weighted by molar-refractivity contribution is 6.35. The van der Waals surface area contributed by atoms with Gasteiger partial charge in [0.2, 0.25) is 0 Å². The first kappa shape index (κ1) is 25.4. The Kier molecular flexibility index (Phi) is 7.72. The normalized spacial score (nSPS) is 12.8. The Morgan fingerprint density at radius 3 is 2.47 bits per heavy atom. The zero-order valence-corrected chi connectivity index (χ0v) is 21.1. The first-order chi connectivity index (χ1) is 17.3. The van der Waals surface area contributed by atoms with Gasteiger partial charge in [-0.25, -0.2) is 0 Å². The zero-order valence-electron chi connectivity index (χ0n) is 20.4.